The fraction of sp³-hybridized carbons (Fsp3) is 0.250. The van der Waals surface area contributed by atoms with Crippen LogP contribution in [0.3, 0.4) is 0 Å². The molecule has 1 aromatic heterocycles. The molecule has 4 rings (SSSR count). The summed E-state index contributed by atoms with van der Waals surface area (Å²) in [6.07, 6.45) is 3.22. The average molecular weight is 489 g/mol. The number of ketones is 1. The summed E-state index contributed by atoms with van der Waals surface area (Å²) in [6.45, 7) is 6.02. The van der Waals surface area contributed by atoms with Crippen molar-refractivity contribution in [3.8, 4) is 17.2 Å². The van der Waals surface area contributed by atoms with Crippen molar-refractivity contribution < 1.29 is 29.3 Å². The fourth-order valence-electron chi connectivity index (χ4n) is 4.17. The summed E-state index contributed by atoms with van der Waals surface area (Å²) in [5.41, 5.74) is 1.57. The lowest BCUT2D eigenvalue weighted by Gasteiger charge is -2.26. The molecule has 8 heteroatoms. The zero-order chi connectivity index (χ0) is 25.8. The van der Waals surface area contributed by atoms with Crippen LogP contribution >= 0.6 is 0 Å². The number of carbonyl (C=O) groups is 2. The number of aromatic hydroxyl groups is 1. The first-order valence-corrected chi connectivity index (χ1v) is 11.7. The lowest BCUT2D eigenvalue weighted by atomic mass is 9.94. The number of aliphatic hydroxyl groups is 1. The number of amides is 1. The molecule has 3 aromatic rings. The normalized spacial score (nSPS) is 17.0. The molecule has 0 radical (unpaired) electrons. The van der Waals surface area contributed by atoms with Crippen LogP contribution in [0.5, 0.6) is 17.2 Å². The number of hydrogen-bond donors (Lipinski definition) is 2. The second-order valence-corrected chi connectivity index (χ2v) is 8.64. The molecule has 1 amide bonds. The Morgan fingerprint density at radius 2 is 1.86 bits per heavy atom. The summed E-state index contributed by atoms with van der Waals surface area (Å²) in [5.74, 6) is -1.06. The van der Waals surface area contributed by atoms with Gasteiger partial charge in [-0.25, -0.2) is 0 Å². The van der Waals surface area contributed by atoms with Crippen molar-refractivity contribution >= 4 is 17.4 Å². The van der Waals surface area contributed by atoms with Gasteiger partial charge in [0.2, 0.25) is 0 Å². The minimum absolute atomic E-state index is 0.0173. The van der Waals surface area contributed by atoms with E-state index in [4.69, 9.17) is 9.47 Å². The largest absolute Gasteiger partial charge is 0.507 e. The van der Waals surface area contributed by atoms with E-state index in [0.29, 0.717) is 23.5 Å². The van der Waals surface area contributed by atoms with Gasteiger partial charge in [-0.1, -0.05) is 12.1 Å². The van der Waals surface area contributed by atoms with Gasteiger partial charge in [0.25, 0.3) is 11.7 Å². The number of benzene rings is 2. The van der Waals surface area contributed by atoms with Crippen molar-refractivity contribution in [3.63, 3.8) is 0 Å². The molecule has 2 aromatic carbocycles. The third-order valence-electron chi connectivity index (χ3n) is 5.71. The molecule has 1 unspecified atom stereocenters. The quantitative estimate of drug-likeness (QED) is 0.271. The van der Waals surface area contributed by atoms with Crippen LogP contribution in [0.1, 0.15) is 43.5 Å². The van der Waals surface area contributed by atoms with Crippen molar-refractivity contribution in [2.24, 2.45) is 0 Å². The van der Waals surface area contributed by atoms with Gasteiger partial charge in [-0.05, 0) is 74.4 Å². The van der Waals surface area contributed by atoms with Gasteiger partial charge in [0.05, 0.1) is 24.3 Å². The minimum Gasteiger partial charge on any atom is -0.507 e. The Kier molecular flexibility index (Phi) is 7.24. The zero-order valence-electron chi connectivity index (χ0n) is 20.3. The number of likely N-dealkylation sites (tertiary alicyclic amines) is 1. The van der Waals surface area contributed by atoms with E-state index in [1.165, 1.54) is 11.0 Å². The molecular formula is C28H28N2O6. The van der Waals surface area contributed by atoms with E-state index in [1.807, 2.05) is 13.8 Å². The molecule has 0 spiro atoms. The lowest BCUT2D eigenvalue weighted by Crippen LogP contribution is -2.29. The number of phenols is 1. The number of Topliss-reactive ketones (excluding diaryl/α,β-unsaturated/α-hetero) is 1. The highest BCUT2D eigenvalue weighted by Crippen LogP contribution is 2.42. The van der Waals surface area contributed by atoms with Crippen LogP contribution in [0, 0.1) is 0 Å². The van der Waals surface area contributed by atoms with Crippen molar-refractivity contribution in [2.45, 2.75) is 39.5 Å². The Labute approximate surface area is 209 Å². The Balaban J connectivity index is 1.83. The van der Waals surface area contributed by atoms with Gasteiger partial charge in [0.15, 0.2) is 11.5 Å². The molecule has 0 aliphatic carbocycles. The third-order valence-corrected chi connectivity index (χ3v) is 5.71. The molecule has 1 atom stereocenters. The van der Waals surface area contributed by atoms with Crippen LogP contribution in [0.25, 0.3) is 5.76 Å². The van der Waals surface area contributed by atoms with Crippen LogP contribution in [-0.2, 0) is 16.1 Å². The van der Waals surface area contributed by atoms with Gasteiger partial charge in [0.1, 0.15) is 11.5 Å². The summed E-state index contributed by atoms with van der Waals surface area (Å²) in [4.78, 5) is 32.0. The van der Waals surface area contributed by atoms with Crippen LogP contribution < -0.4 is 9.47 Å². The summed E-state index contributed by atoms with van der Waals surface area (Å²) < 4.78 is 11.2. The van der Waals surface area contributed by atoms with Crippen molar-refractivity contribution in [2.75, 3.05) is 6.61 Å². The first kappa shape index (κ1) is 24.8. The number of ether oxygens (including phenoxy) is 2. The van der Waals surface area contributed by atoms with Crippen molar-refractivity contribution in [1.29, 1.82) is 0 Å². The molecule has 1 aliphatic heterocycles. The van der Waals surface area contributed by atoms with Crippen LogP contribution in [0.2, 0.25) is 0 Å². The van der Waals surface area contributed by atoms with Gasteiger partial charge in [-0.15, -0.1) is 0 Å². The van der Waals surface area contributed by atoms with Gasteiger partial charge in [-0.2, -0.15) is 0 Å². The number of phenolic OH excluding ortho intramolecular Hbond substituents is 1. The Hall–Kier alpha value is -4.33. The Bertz CT molecular complexity index is 1290. The minimum atomic E-state index is -0.906. The zero-order valence-corrected chi connectivity index (χ0v) is 20.3. The van der Waals surface area contributed by atoms with Crippen LogP contribution in [0.4, 0.5) is 0 Å². The number of nitrogens with zero attached hydrogens (tertiary/aromatic N) is 2. The summed E-state index contributed by atoms with van der Waals surface area (Å²) >= 11 is 0. The van der Waals surface area contributed by atoms with E-state index in [9.17, 15) is 19.8 Å². The topological polar surface area (TPSA) is 109 Å². The summed E-state index contributed by atoms with van der Waals surface area (Å²) in [5, 5.41) is 21.5. The smallest absolute Gasteiger partial charge is 0.295 e. The summed E-state index contributed by atoms with van der Waals surface area (Å²) in [7, 11) is 0. The number of pyridine rings is 1. The van der Waals surface area contributed by atoms with Crippen molar-refractivity contribution in [1.82, 2.24) is 9.88 Å². The standard InChI is InChI=1S/C28H28N2O6/c1-4-35-23-14-20(9-12-22(23)31)25-24(26(32)19-7-10-21(11-8-19)36-17(2)3)27(33)28(34)30(25)16-18-6-5-13-29-15-18/h5-15,17,25,31-32H,4,16H2,1-3H3/b26-24+. The van der Waals surface area contributed by atoms with E-state index in [2.05, 4.69) is 4.98 Å². The van der Waals surface area contributed by atoms with E-state index in [-0.39, 0.29) is 35.5 Å². The van der Waals surface area contributed by atoms with E-state index in [0.717, 1.165) is 5.56 Å². The monoisotopic (exact) mass is 488 g/mol. The molecule has 36 heavy (non-hydrogen) atoms. The highest BCUT2D eigenvalue weighted by molar-refractivity contribution is 6.46. The predicted molar refractivity (Wildman–Crippen MR) is 134 cm³/mol. The maximum absolute atomic E-state index is 13.3. The lowest BCUT2D eigenvalue weighted by molar-refractivity contribution is -0.140. The molecular weight excluding hydrogens is 460 g/mol. The van der Waals surface area contributed by atoms with Gasteiger partial charge < -0.3 is 24.6 Å². The molecule has 2 heterocycles. The molecule has 0 bridgehead atoms. The third kappa shape index (κ3) is 5.02. The fourth-order valence-corrected chi connectivity index (χ4v) is 4.17. The number of hydrogen-bond acceptors (Lipinski definition) is 7. The van der Waals surface area contributed by atoms with E-state index < -0.39 is 17.7 Å². The second-order valence-electron chi connectivity index (χ2n) is 8.64. The first-order valence-electron chi connectivity index (χ1n) is 11.7. The first-order chi connectivity index (χ1) is 17.3. The highest BCUT2D eigenvalue weighted by Gasteiger charge is 2.46. The Morgan fingerprint density at radius 3 is 2.50 bits per heavy atom. The number of carbonyl (C=O) groups excluding carboxylic acids is 2. The molecule has 0 saturated carbocycles. The van der Waals surface area contributed by atoms with Gasteiger partial charge in [-0.3, -0.25) is 14.6 Å². The molecule has 186 valence electrons. The van der Waals surface area contributed by atoms with Crippen LogP contribution in [-0.4, -0.2) is 44.5 Å². The van der Waals surface area contributed by atoms with E-state index >= 15 is 0 Å². The highest BCUT2D eigenvalue weighted by atomic mass is 16.5. The van der Waals surface area contributed by atoms with Gasteiger partial charge >= 0.3 is 0 Å². The van der Waals surface area contributed by atoms with Crippen molar-refractivity contribution in [3.05, 3.63) is 89.3 Å². The number of aromatic nitrogens is 1. The Morgan fingerprint density at radius 1 is 1.11 bits per heavy atom. The SMILES string of the molecule is CCOc1cc(C2/C(=C(\O)c3ccc(OC(C)C)cc3)C(=O)C(=O)N2Cc2cccnc2)ccc1O. The predicted octanol–water partition coefficient (Wildman–Crippen LogP) is 4.60. The van der Waals surface area contributed by atoms with Gasteiger partial charge in [0, 0.05) is 24.5 Å². The molecule has 1 saturated heterocycles. The second kappa shape index (κ2) is 10.5. The molecule has 1 fully saturated rings. The molecule has 2 N–H and O–H groups in total. The molecule has 1 aliphatic rings. The average Bonchev–Trinajstić information content (AvgIpc) is 3.11. The summed E-state index contributed by atoms with van der Waals surface area (Å²) in [6, 6.07) is 14.0. The maximum atomic E-state index is 13.3. The van der Waals surface area contributed by atoms with E-state index in [1.54, 1.807) is 67.8 Å². The number of rotatable bonds is 8. The van der Waals surface area contributed by atoms with Crippen LogP contribution in [0.15, 0.2) is 72.6 Å². The number of aliphatic hydroxyl groups excluding tert-OH is 1. The molecule has 8 nitrogen and oxygen atoms in total. The maximum Gasteiger partial charge on any atom is 0.295 e.